The molecule has 1 fully saturated rings. The zero-order valence-electron chi connectivity index (χ0n) is 16.3. The quantitative estimate of drug-likeness (QED) is 0.462. The molecule has 0 aliphatic carbocycles. The van der Waals surface area contributed by atoms with E-state index in [0.717, 1.165) is 37.7 Å². The molecule has 4 heterocycles. The van der Waals surface area contributed by atoms with Gasteiger partial charge in [-0.3, -0.25) is 4.79 Å². The number of hydrogen-bond donors (Lipinski definition) is 3. The Balaban J connectivity index is 1.64. The second kappa shape index (κ2) is 7.38. The van der Waals surface area contributed by atoms with Crippen molar-refractivity contribution in [2.45, 2.75) is 24.9 Å². The summed E-state index contributed by atoms with van der Waals surface area (Å²) in [6, 6.07) is 10.5. The third-order valence-corrected chi connectivity index (χ3v) is 5.52. The van der Waals surface area contributed by atoms with Gasteiger partial charge in [0.05, 0.1) is 22.3 Å². The summed E-state index contributed by atoms with van der Waals surface area (Å²) in [4.78, 5) is 19.0. The van der Waals surface area contributed by atoms with E-state index in [9.17, 15) is 18.0 Å². The van der Waals surface area contributed by atoms with Crippen molar-refractivity contribution in [3.05, 3.63) is 64.2 Å². The number of rotatable bonds is 3. The first-order valence-electron chi connectivity index (χ1n) is 9.97. The number of aromatic amines is 1. The summed E-state index contributed by atoms with van der Waals surface area (Å²) in [5, 5.41) is 11.6. The van der Waals surface area contributed by atoms with Gasteiger partial charge in [-0.1, -0.05) is 12.1 Å². The minimum atomic E-state index is -4.54. The van der Waals surface area contributed by atoms with Crippen molar-refractivity contribution in [1.82, 2.24) is 24.9 Å². The van der Waals surface area contributed by atoms with Crippen LogP contribution >= 0.6 is 0 Å². The first-order valence-corrected chi connectivity index (χ1v) is 9.97. The molecule has 0 radical (unpaired) electrons. The Morgan fingerprint density at radius 2 is 1.87 bits per heavy atom. The molecule has 3 aromatic heterocycles. The summed E-state index contributed by atoms with van der Waals surface area (Å²) < 4.78 is 40.9. The van der Waals surface area contributed by atoms with E-state index < -0.39 is 11.9 Å². The number of nitrogens with zero attached hydrogens (tertiary/aromatic N) is 3. The van der Waals surface area contributed by atoms with E-state index in [1.807, 2.05) is 0 Å². The fraction of sp³-hybridized carbons (Fsp3) is 0.286. The first kappa shape index (κ1) is 19.6. The van der Waals surface area contributed by atoms with Gasteiger partial charge in [0.1, 0.15) is 17.2 Å². The van der Waals surface area contributed by atoms with Crippen molar-refractivity contribution in [2.24, 2.45) is 0 Å². The number of aromatic nitrogens is 4. The smallest absolute Gasteiger partial charge is 0.340 e. The van der Waals surface area contributed by atoms with Gasteiger partial charge >= 0.3 is 6.18 Å². The lowest BCUT2D eigenvalue weighted by atomic mass is 9.94. The lowest BCUT2D eigenvalue weighted by molar-refractivity contribution is -0.141. The molecule has 0 saturated carbocycles. The van der Waals surface area contributed by atoms with Gasteiger partial charge in [-0.05, 0) is 50.2 Å². The molecular formula is C21H19F3N6O. The molecule has 3 N–H and O–H groups in total. The molecule has 0 amide bonds. The summed E-state index contributed by atoms with van der Waals surface area (Å²) in [5.74, 6) is 0.250. The molecular weight excluding hydrogens is 409 g/mol. The predicted molar refractivity (Wildman–Crippen MR) is 111 cm³/mol. The number of piperidine rings is 1. The van der Waals surface area contributed by atoms with E-state index in [1.165, 1.54) is 12.1 Å². The van der Waals surface area contributed by atoms with Crippen LogP contribution in [-0.2, 0) is 6.18 Å². The fourth-order valence-electron chi connectivity index (χ4n) is 4.10. The first-order chi connectivity index (χ1) is 14.9. The van der Waals surface area contributed by atoms with Crippen molar-refractivity contribution in [3.8, 4) is 0 Å². The van der Waals surface area contributed by atoms with Crippen LogP contribution < -0.4 is 16.2 Å². The average molecular weight is 428 g/mol. The standard InChI is InChI=1S/C21H19F3N6O/c22-21(23,24)16-5-2-6-17(27-16)26-13-3-1-4-14-19(13)20-28-18(31)11-15(30(20)29-14)12-7-9-25-10-8-12/h1-6,11-12,25H,7-10H2,(H,26,27)(H,28,31). The van der Waals surface area contributed by atoms with E-state index in [4.69, 9.17) is 0 Å². The molecule has 1 saturated heterocycles. The monoisotopic (exact) mass is 428 g/mol. The summed E-state index contributed by atoms with van der Waals surface area (Å²) in [6.45, 7) is 1.74. The van der Waals surface area contributed by atoms with E-state index in [1.54, 1.807) is 28.8 Å². The molecule has 1 aliphatic rings. The van der Waals surface area contributed by atoms with Crippen molar-refractivity contribution < 1.29 is 13.2 Å². The lowest BCUT2D eigenvalue weighted by Gasteiger charge is -2.23. The number of hydrogen-bond acceptors (Lipinski definition) is 5. The number of halogens is 3. The number of benzene rings is 1. The summed E-state index contributed by atoms with van der Waals surface area (Å²) >= 11 is 0. The summed E-state index contributed by atoms with van der Waals surface area (Å²) in [6.07, 6.45) is -2.74. The zero-order chi connectivity index (χ0) is 21.6. The highest BCUT2D eigenvalue weighted by atomic mass is 19.4. The summed E-state index contributed by atoms with van der Waals surface area (Å²) in [7, 11) is 0. The Labute approximate surface area is 174 Å². The second-order valence-electron chi connectivity index (χ2n) is 7.57. The van der Waals surface area contributed by atoms with E-state index in [-0.39, 0.29) is 17.3 Å². The van der Waals surface area contributed by atoms with E-state index in [0.29, 0.717) is 22.2 Å². The zero-order valence-corrected chi connectivity index (χ0v) is 16.3. The van der Waals surface area contributed by atoms with Crippen molar-refractivity contribution in [3.63, 3.8) is 0 Å². The predicted octanol–water partition coefficient (Wildman–Crippen LogP) is 3.80. The van der Waals surface area contributed by atoms with Crippen LogP contribution in [0, 0.1) is 0 Å². The molecule has 0 bridgehead atoms. The Kier molecular flexibility index (Phi) is 4.66. The third kappa shape index (κ3) is 3.63. The molecule has 1 aliphatic heterocycles. The number of nitrogens with one attached hydrogen (secondary N) is 3. The highest BCUT2D eigenvalue weighted by molar-refractivity contribution is 6.03. The van der Waals surface area contributed by atoms with Gasteiger partial charge in [-0.15, -0.1) is 0 Å². The Morgan fingerprint density at radius 1 is 1.10 bits per heavy atom. The van der Waals surface area contributed by atoms with Crippen LogP contribution in [0.15, 0.2) is 47.3 Å². The van der Waals surface area contributed by atoms with Crippen LogP contribution in [0.3, 0.4) is 0 Å². The topological polar surface area (TPSA) is 87.1 Å². The normalized spacial score (nSPS) is 15.6. The molecule has 7 nitrogen and oxygen atoms in total. The minimum Gasteiger partial charge on any atom is -0.340 e. The maximum Gasteiger partial charge on any atom is 0.433 e. The Morgan fingerprint density at radius 3 is 2.65 bits per heavy atom. The highest BCUT2D eigenvalue weighted by Gasteiger charge is 2.32. The number of pyridine rings is 1. The van der Waals surface area contributed by atoms with Crippen LogP contribution in [0.25, 0.3) is 16.6 Å². The lowest BCUT2D eigenvalue weighted by Crippen LogP contribution is -2.28. The highest BCUT2D eigenvalue weighted by Crippen LogP contribution is 2.33. The molecule has 0 unspecified atom stereocenters. The largest absolute Gasteiger partial charge is 0.433 e. The van der Waals surface area contributed by atoms with Crippen molar-refractivity contribution in [2.75, 3.05) is 18.4 Å². The third-order valence-electron chi connectivity index (χ3n) is 5.52. The minimum absolute atomic E-state index is 0.0542. The SMILES string of the molecule is O=c1cc(C2CCNCC2)n2nc3cccc(Nc4cccc(C(F)(F)F)n4)c3c2[nH]1. The number of H-pyrrole nitrogens is 1. The average Bonchev–Trinajstić information content (AvgIpc) is 3.13. The van der Waals surface area contributed by atoms with Gasteiger partial charge in [0.25, 0.3) is 5.56 Å². The maximum absolute atomic E-state index is 13.0. The molecule has 0 atom stereocenters. The number of anilines is 2. The van der Waals surface area contributed by atoms with Gasteiger partial charge < -0.3 is 15.6 Å². The Hall–Kier alpha value is -3.40. The molecule has 4 aromatic rings. The van der Waals surface area contributed by atoms with Crippen LogP contribution in [0.5, 0.6) is 0 Å². The second-order valence-corrected chi connectivity index (χ2v) is 7.57. The summed E-state index contributed by atoms with van der Waals surface area (Å²) in [5.41, 5.74) is 1.25. The molecule has 10 heteroatoms. The Bertz CT molecular complexity index is 1320. The molecule has 5 rings (SSSR count). The van der Waals surface area contributed by atoms with Crippen molar-refractivity contribution in [1.29, 1.82) is 0 Å². The van der Waals surface area contributed by atoms with E-state index >= 15 is 0 Å². The van der Waals surface area contributed by atoms with Gasteiger partial charge in [0.2, 0.25) is 0 Å². The molecule has 160 valence electrons. The fourth-order valence-corrected chi connectivity index (χ4v) is 4.10. The van der Waals surface area contributed by atoms with Crippen LogP contribution in [-0.4, -0.2) is 32.7 Å². The van der Waals surface area contributed by atoms with Crippen LogP contribution in [0.2, 0.25) is 0 Å². The number of alkyl halides is 3. The van der Waals surface area contributed by atoms with Crippen molar-refractivity contribution >= 4 is 28.1 Å². The maximum atomic E-state index is 13.0. The van der Waals surface area contributed by atoms with Gasteiger partial charge in [0, 0.05) is 12.0 Å². The molecule has 1 aromatic carbocycles. The van der Waals surface area contributed by atoms with Gasteiger partial charge in [-0.25, -0.2) is 9.50 Å². The van der Waals surface area contributed by atoms with Crippen LogP contribution in [0.1, 0.15) is 30.1 Å². The molecule has 31 heavy (non-hydrogen) atoms. The van der Waals surface area contributed by atoms with Crippen LogP contribution in [0.4, 0.5) is 24.7 Å². The molecule has 0 spiro atoms. The number of fused-ring (bicyclic) bond motifs is 3. The van der Waals surface area contributed by atoms with Gasteiger partial charge in [-0.2, -0.15) is 18.3 Å². The van der Waals surface area contributed by atoms with Gasteiger partial charge in [0.15, 0.2) is 0 Å². The van der Waals surface area contributed by atoms with E-state index in [2.05, 4.69) is 25.7 Å².